The first kappa shape index (κ1) is 8.21. The van der Waals surface area contributed by atoms with Crippen molar-refractivity contribution in [3.63, 3.8) is 0 Å². The maximum absolute atomic E-state index is 10.2. The summed E-state index contributed by atoms with van der Waals surface area (Å²) < 4.78 is 0. The molecule has 0 spiro atoms. The molecule has 0 unspecified atom stereocenters. The van der Waals surface area contributed by atoms with E-state index in [4.69, 9.17) is 5.11 Å². The molecule has 1 atom stereocenters. The van der Waals surface area contributed by atoms with E-state index >= 15 is 0 Å². The van der Waals surface area contributed by atoms with Crippen molar-refractivity contribution in [3.8, 4) is 0 Å². The SMILES string of the molecule is CC=CC[C@@H](C)C(=O)O. The summed E-state index contributed by atoms with van der Waals surface area (Å²) in [6.45, 7) is 3.58. The Morgan fingerprint density at radius 1 is 1.78 bits per heavy atom. The van der Waals surface area contributed by atoms with Gasteiger partial charge in [-0.25, -0.2) is 0 Å². The van der Waals surface area contributed by atoms with Crippen LogP contribution in [0.5, 0.6) is 0 Å². The van der Waals surface area contributed by atoms with Crippen LogP contribution in [0.4, 0.5) is 0 Å². The van der Waals surface area contributed by atoms with E-state index in [2.05, 4.69) is 0 Å². The van der Waals surface area contributed by atoms with E-state index in [0.717, 1.165) is 0 Å². The third kappa shape index (κ3) is 3.76. The van der Waals surface area contributed by atoms with Gasteiger partial charge in [0.15, 0.2) is 0 Å². The summed E-state index contributed by atoms with van der Waals surface area (Å²) in [4.78, 5) is 10.2. The smallest absolute Gasteiger partial charge is 0.306 e. The number of carboxylic acids is 1. The molecule has 0 aliphatic carbocycles. The summed E-state index contributed by atoms with van der Waals surface area (Å²) in [5.41, 5.74) is 0. The number of rotatable bonds is 3. The predicted octanol–water partition coefficient (Wildman–Crippen LogP) is 1.67. The minimum absolute atomic E-state index is 0.249. The molecule has 0 rings (SSSR count). The summed E-state index contributed by atoms with van der Waals surface area (Å²) in [5, 5.41) is 8.37. The Kier molecular flexibility index (Phi) is 3.76. The lowest BCUT2D eigenvalue weighted by atomic mass is 10.1. The molecule has 1 N–H and O–H groups in total. The van der Waals surface area contributed by atoms with Gasteiger partial charge in [0.2, 0.25) is 0 Å². The number of allylic oxidation sites excluding steroid dienone is 2. The van der Waals surface area contributed by atoms with Crippen LogP contribution in [-0.2, 0) is 4.79 Å². The molecule has 0 amide bonds. The monoisotopic (exact) mass is 128 g/mol. The second-order valence-corrected chi connectivity index (χ2v) is 2.04. The lowest BCUT2D eigenvalue weighted by Crippen LogP contribution is -2.07. The van der Waals surface area contributed by atoms with Gasteiger partial charge in [-0.3, -0.25) is 4.79 Å². The highest BCUT2D eigenvalue weighted by atomic mass is 16.4. The van der Waals surface area contributed by atoms with Crippen LogP contribution in [0, 0.1) is 5.92 Å². The minimum Gasteiger partial charge on any atom is -0.481 e. The molecule has 0 heterocycles. The van der Waals surface area contributed by atoms with Crippen LogP contribution in [0.3, 0.4) is 0 Å². The van der Waals surface area contributed by atoms with Crippen LogP contribution in [0.1, 0.15) is 20.3 Å². The first-order chi connectivity index (χ1) is 4.18. The first-order valence-electron chi connectivity index (χ1n) is 3.02. The number of carbonyl (C=O) groups is 1. The minimum atomic E-state index is -0.729. The predicted molar refractivity (Wildman–Crippen MR) is 36.2 cm³/mol. The standard InChI is InChI=1S/C7H12O2/c1-3-4-5-6(2)7(8)9/h3-4,6H,5H2,1-2H3,(H,8,9)/t6-/m1/s1. The highest BCUT2D eigenvalue weighted by molar-refractivity contribution is 5.69. The van der Waals surface area contributed by atoms with Crippen molar-refractivity contribution < 1.29 is 9.90 Å². The van der Waals surface area contributed by atoms with Crippen molar-refractivity contribution in [1.82, 2.24) is 0 Å². The third-order valence-electron chi connectivity index (χ3n) is 1.15. The molecule has 0 fully saturated rings. The Morgan fingerprint density at radius 3 is 2.67 bits per heavy atom. The zero-order valence-corrected chi connectivity index (χ0v) is 5.79. The third-order valence-corrected chi connectivity index (χ3v) is 1.15. The molecule has 0 radical (unpaired) electrons. The van der Waals surface area contributed by atoms with Crippen LogP contribution in [0.25, 0.3) is 0 Å². The van der Waals surface area contributed by atoms with Gasteiger partial charge in [-0.05, 0) is 13.3 Å². The van der Waals surface area contributed by atoms with Crippen molar-refractivity contribution in [2.45, 2.75) is 20.3 Å². The summed E-state index contributed by atoms with van der Waals surface area (Å²) in [6, 6.07) is 0. The molecule has 0 saturated carbocycles. The molecule has 52 valence electrons. The van der Waals surface area contributed by atoms with Crippen LogP contribution in [0.15, 0.2) is 12.2 Å². The van der Waals surface area contributed by atoms with E-state index in [-0.39, 0.29) is 5.92 Å². The van der Waals surface area contributed by atoms with Gasteiger partial charge in [0.05, 0.1) is 5.92 Å². The van der Waals surface area contributed by atoms with Crippen molar-refractivity contribution in [1.29, 1.82) is 0 Å². The van der Waals surface area contributed by atoms with Crippen LogP contribution in [0.2, 0.25) is 0 Å². The largest absolute Gasteiger partial charge is 0.481 e. The van der Waals surface area contributed by atoms with Gasteiger partial charge < -0.3 is 5.11 Å². The molecule has 0 aliphatic rings. The van der Waals surface area contributed by atoms with Crippen molar-refractivity contribution in [2.75, 3.05) is 0 Å². The van der Waals surface area contributed by atoms with Gasteiger partial charge >= 0.3 is 5.97 Å². The lowest BCUT2D eigenvalue weighted by molar-refractivity contribution is -0.140. The molecule has 0 aromatic carbocycles. The van der Waals surface area contributed by atoms with Gasteiger partial charge in [0.1, 0.15) is 0 Å². The fraction of sp³-hybridized carbons (Fsp3) is 0.571. The highest BCUT2D eigenvalue weighted by Crippen LogP contribution is 2.01. The maximum atomic E-state index is 10.2. The van der Waals surface area contributed by atoms with E-state index in [1.54, 1.807) is 6.92 Å². The van der Waals surface area contributed by atoms with Gasteiger partial charge in [0, 0.05) is 0 Å². The Hall–Kier alpha value is -0.790. The van der Waals surface area contributed by atoms with Crippen LogP contribution < -0.4 is 0 Å². The van der Waals surface area contributed by atoms with Gasteiger partial charge in [0.25, 0.3) is 0 Å². The van der Waals surface area contributed by atoms with Crippen molar-refractivity contribution in [3.05, 3.63) is 12.2 Å². The average Bonchev–Trinajstić information content (AvgIpc) is 1.82. The van der Waals surface area contributed by atoms with Crippen molar-refractivity contribution in [2.24, 2.45) is 5.92 Å². The molecule has 0 bridgehead atoms. The summed E-state index contributed by atoms with van der Waals surface area (Å²) in [7, 11) is 0. The summed E-state index contributed by atoms with van der Waals surface area (Å²) >= 11 is 0. The quantitative estimate of drug-likeness (QED) is 0.587. The molecule has 2 heteroatoms. The summed E-state index contributed by atoms with van der Waals surface area (Å²) in [6.07, 6.45) is 4.35. The number of hydrogen-bond donors (Lipinski definition) is 1. The maximum Gasteiger partial charge on any atom is 0.306 e. The fourth-order valence-corrected chi connectivity index (χ4v) is 0.441. The van der Waals surface area contributed by atoms with Gasteiger partial charge in [-0.1, -0.05) is 19.1 Å². The molecular weight excluding hydrogens is 116 g/mol. The second-order valence-electron chi connectivity index (χ2n) is 2.04. The molecule has 9 heavy (non-hydrogen) atoms. The molecule has 0 saturated heterocycles. The van der Waals surface area contributed by atoms with E-state index in [9.17, 15) is 4.79 Å². The normalized spacial score (nSPS) is 14.0. The van der Waals surface area contributed by atoms with E-state index < -0.39 is 5.97 Å². The zero-order chi connectivity index (χ0) is 7.28. The van der Waals surface area contributed by atoms with Crippen LogP contribution in [-0.4, -0.2) is 11.1 Å². The zero-order valence-electron chi connectivity index (χ0n) is 5.79. The number of carboxylic acid groups (broad SMARTS) is 1. The second kappa shape index (κ2) is 4.13. The van der Waals surface area contributed by atoms with Gasteiger partial charge in [-0.2, -0.15) is 0 Å². The molecule has 2 nitrogen and oxygen atoms in total. The highest BCUT2D eigenvalue weighted by Gasteiger charge is 2.06. The fourth-order valence-electron chi connectivity index (χ4n) is 0.441. The van der Waals surface area contributed by atoms with E-state index in [1.807, 2.05) is 19.1 Å². The lowest BCUT2D eigenvalue weighted by Gasteiger charge is -1.98. The van der Waals surface area contributed by atoms with Crippen molar-refractivity contribution >= 4 is 5.97 Å². The number of hydrogen-bond acceptors (Lipinski definition) is 1. The average molecular weight is 128 g/mol. The van der Waals surface area contributed by atoms with Gasteiger partial charge in [-0.15, -0.1) is 0 Å². The number of aliphatic carboxylic acids is 1. The Morgan fingerprint density at radius 2 is 2.33 bits per heavy atom. The Labute approximate surface area is 55.2 Å². The molecule has 0 aromatic heterocycles. The summed E-state index contributed by atoms with van der Waals surface area (Å²) in [5.74, 6) is -0.977. The Balaban J connectivity index is 3.50. The van der Waals surface area contributed by atoms with Crippen LogP contribution >= 0.6 is 0 Å². The first-order valence-corrected chi connectivity index (χ1v) is 3.02. The molecular formula is C7H12O2. The topological polar surface area (TPSA) is 37.3 Å². The molecule has 0 aromatic rings. The Bertz CT molecular complexity index is 116. The van der Waals surface area contributed by atoms with E-state index in [0.29, 0.717) is 6.42 Å². The van der Waals surface area contributed by atoms with E-state index in [1.165, 1.54) is 0 Å². The molecule has 0 aliphatic heterocycles.